The van der Waals surface area contributed by atoms with Gasteiger partial charge < -0.3 is 5.32 Å². The van der Waals surface area contributed by atoms with Crippen molar-refractivity contribution in [3.05, 3.63) is 36.9 Å². The van der Waals surface area contributed by atoms with Gasteiger partial charge in [0.2, 0.25) is 5.91 Å². The minimum atomic E-state index is -0.194. The molecule has 1 aromatic rings. The van der Waals surface area contributed by atoms with Crippen LogP contribution in [0, 0.1) is 0 Å². The van der Waals surface area contributed by atoms with Gasteiger partial charge in [0.05, 0.1) is 0 Å². The molecule has 1 radical (unpaired) electrons. The fraction of sp³-hybridized carbons (Fsp3) is 0. The van der Waals surface area contributed by atoms with Crippen molar-refractivity contribution in [3.8, 4) is 0 Å². The number of nitrogens with one attached hydrogen (secondary N) is 1. The van der Waals surface area contributed by atoms with E-state index in [1.54, 1.807) is 0 Å². The van der Waals surface area contributed by atoms with Crippen molar-refractivity contribution in [2.45, 2.75) is 0 Å². The molecule has 1 unspecified atom stereocenters. The average Bonchev–Trinajstić information content (AvgIpc) is 2.18. The van der Waals surface area contributed by atoms with E-state index in [1.807, 2.05) is 31.3 Å². The fourth-order valence-electron chi connectivity index (χ4n) is 0.913. The number of hydrogen-bond donors (Lipinski definition) is 1. The van der Waals surface area contributed by atoms with Crippen LogP contribution in [-0.2, 0) is 4.79 Å². The first kappa shape index (κ1) is 10.0. The van der Waals surface area contributed by atoms with Crippen LogP contribution >= 0.6 is 9.12 Å². The van der Waals surface area contributed by atoms with Gasteiger partial charge in [-0.25, -0.2) is 0 Å². The molecular formula is C9H10BNOP. The summed E-state index contributed by atoms with van der Waals surface area (Å²) in [4.78, 5) is 10.9. The lowest BCUT2D eigenvalue weighted by molar-refractivity contribution is -0.111. The summed E-state index contributed by atoms with van der Waals surface area (Å²) in [5.41, 5.74) is 1.83. The van der Waals surface area contributed by atoms with Crippen LogP contribution in [0.4, 0.5) is 5.69 Å². The maximum absolute atomic E-state index is 10.9. The number of hydrogen-bond acceptors (Lipinski definition) is 1. The van der Waals surface area contributed by atoms with Crippen LogP contribution in [0.25, 0.3) is 0 Å². The highest BCUT2D eigenvalue weighted by atomic mass is 31.0. The van der Waals surface area contributed by atoms with E-state index in [0.717, 1.165) is 11.2 Å². The van der Waals surface area contributed by atoms with Gasteiger partial charge in [-0.15, -0.1) is 0 Å². The van der Waals surface area contributed by atoms with Crippen LogP contribution in [0.1, 0.15) is 0 Å². The van der Waals surface area contributed by atoms with Gasteiger partial charge in [0.15, 0.2) is 7.00 Å². The van der Waals surface area contributed by atoms with Crippen molar-refractivity contribution in [2.75, 3.05) is 5.32 Å². The topological polar surface area (TPSA) is 29.1 Å². The Balaban J connectivity index is 2.77. The fourth-order valence-corrected chi connectivity index (χ4v) is 1.12. The third-order valence-electron chi connectivity index (χ3n) is 1.53. The van der Waals surface area contributed by atoms with E-state index >= 15 is 0 Å². The van der Waals surface area contributed by atoms with Gasteiger partial charge in [-0.1, -0.05) is 24.2 Å². The Morgan fingerprint density at radius 2 is 2.38 bits per heavy atom. The second-order valence-electron chi connectivity index (χ2n) is 2.49. The molecule has 0 aromatic heterocycles. The van der Waals surface area contributed by atoms with E-state index < -0.39 is 0 Å². The maximum atomic E-state index is 10.9. The van der Waals surface area contributed by atoms with Crippen molar-refractivity contribution in [3.63, 3.8) is 0 Å². The van der Waals surface area contributed by atoms with E-state index in [4.69, 9.17) is 0 Å². The van der Waals surface area contributed by atoms with Crippen molar-refractivity contribution in [1.82, 2.24) is 0 Å². The summed E-state index contributed by atoms with van der Waals surface area (Å²) in [7, 11) is 2.51. The normalized spacial score (nSPS) is 9.00. The molecule has 4 heteroatoms. The molecule has 0 saturated carbocycles. The van der Waals surface area contributed by atoms with Crippen LogP contribution in [-0.4, -0.2) is 12.9 Å². The number of amides is 1. The minimum absolute atomic E-state index is 0.194. The SMILES string of the molecule is C=CC(=O)Nc1cccc([B]P)c1. The number of benzene rings is 1. The summed E-state index contributed by atoms with van der Waals surface area (Å²) in [6.45, 7) is 5.27. The summed E-state index contributed by atoms with van der Waals surface area (Å²) in [5, 5.41) is 2.68. The molecule has 1 aromatic carbocycles. The largest absolute Gasteiger partial charge is 0.323 e. The third kappa shape index (κ3) is 3.04. The highest BCUT2D eigenvalue weighted by Gasteiger charge is 1.97. The van der Waals surface area contributed by atoms with E-state index in [1.165, 1.54) is 6.08 Å². The Kier molecular flexibility index (Phi) is 3.72. The van der Waals surface area contributed by atoms with E-state index in [-0.39, 0.29) is 5.91 Å². The van der Waals surface area contributed by atoms with E-state index in [9.17, 15) is 4.79 Å². The number of rotatable bonds is 3. The zero-order valence-corrected chi connectivity index (χ0v) is 8.31. The monoisotopic (exact) mass is 190 g/mol. The maximum Gasteiger partial charge on any atom is 0.247 e. The van der Waals surface area contributed by atoms with Crippen LogP contribution in [0.5, 0.6) is 0 Å². The predicted molar refractivity (Wildman–Crippen MR) is 60.4 cm³/mol. The van der Waals surface area contributed by atoms with Crippen LogP contribution < -0.4 is 10.8 Å². The number of carbonyl (C=O) groups excluding carboxylic acids is 1. The zero-order valence-electron chi connectivity index (χ0n) is 7.16. The molecular weight excluding hydrogens is 180 g/mol. The molecule has 0 heterocycles. The van der Waals surface area contributed by atoms with E-state index in [2.05, 4.69) is 21.0 Å². The Bertz CT molecular complexity index is 327. The third-order valence-corrected chi connectivity index (χ3v) is 1.92. The zero-order chi connectivity index (χ0) is 9.68. The quantitative estimate of drug-likeness (QED) is 0.428. The van der Waals surface area contributed by atoms with Gasteiger partial charge in [-0.3, -0.25) is 4.79 Å². The molecule has 1 N–H and O–H groups in total. The van der Waals surface area contributed by atoms with Gasteiger partial charge in [-0.05, 0) is 18.2 Å². The van der Waals surface area contributed by atoms with Gasteiger partial charge in [0.25, 0.3) is 0 Å². The lowest BCUT2D eigenvalue weighted by Crippen LogP contribution is -2.12. The van der Waals surface area contributed by atoms with Gasteiger partial charge in [0, 0.05) is 5.69 Å². The lowest BCUT2D eigenvalue weighted by Gasteiger charge is -2.03. The molecule has 0 aliphatic heterocycles. The molecule has 1 rings (SSSR count). The van der Waals surface area contributed by atoms with Crippen molar-refractivity contribution in [2.24, 2.45) is 0 Å². The summed E-state index contributed by atoms with van der Waals surface area (Å²) in [6, 6.07) is 7.55. The first-order chi connectivity index (χ1) is 6.26. The van der Waals surface area contributed by atoms with E-state index in [0.29, 0.717) is 0 Å². The summed E-state index contributed by atoms with van der Waals surface area (Å²) < 4.78 is 0. The number of anilines is 1. The predicted octanol–water partition coefficient (Wildman–Crippen LogP) is 0.931. The van der Waals surface area contributed by atoms with Crippen LogP contribution in [0.2, 0.25) is 0 Å². The highest BCUT2D eigenvalue weighted by molar-refractivity contribution is 7.58. The molecule has 1 atom stereocenters. The smallest absolute Gasteiger partial charge is 0.247 e. The Morgan fingerprint density at radius 1 is 1.62 bits per heavy atom. The molecule has 0 saturated heterocycles. The molecule has 0 fully saturated rings. The van der Waals surface area contributed by atoms with Gasteiger partial charge in [-0.2, -0.15) is 9.12 Å². The van der Waals surface area contributed by atoms with Crippen molar-refractivity contribution >= 4 is 33.2 Å². The second kappa shape index (κ2) is 4.83. The molecule has 0 bridgehead atoms. The van der Waals surface area contributed by atoms with Crippen LogP contribution in [0.15, 0.2) is 36.9 Å². The average molecular weight is 190 g/mol. The minimum Gasteiger partial charge on any atom is -0.323 e. The summed E-state index contributed by atoms with van der Waals surface area (Å²) >= 11 is 0. The standard InChI is InChI=1S/C9H10BNOP/c1-2-9(12)11-8-5-3-4-7(6-8)10-13/h2-6H,1,13H2,(H,11,12). The molecule has 0 spiro atoms. The summed E-state index contributed by atoms with van der Waals surface area (Å²) in [5.74, 6) is -0.194. The second-order valence-corrected chi connectivity index (χ2v) is 2.82. The summed E-state index contributed by atoms with van der Waals surface area (Å²) in [6.07, 6.45) is 1.25. The Hall–Kier alpha value is -1.08. The van der Waals surface area contributed by atoms with Gasteiger partial charge in [0.1, 0.15) is 0 Å². The first-order valence-electron chi connectivity index (χ1n) is 3.84. The first-order valence-corrected chi connectivity index (χ1v) is 4.51. The number of carbonyl (C=O) groups is 1. The molecule has 0 aliphatic rings. The molecule has 65 valence electrons. The lowest BCUT2D eigenvalue weighted by atomic mass is 9.94. The Labute approximate surface area is 80.8 Å². The molecule has 1 amide bonds. The van der Waals surface area contributed by atoms with Crippen molar-refractivity contribution in [1.29, 1.82) is 0 Å². The van der Waals surface area contributed by atoms with Crippen LogP contribution in [0.3, 0.4) is 0 Å². The van der Waals surface area contributed by atoms with Gasteiger partial charge >= 0.3 is 0 Å². The Morgan fingerprint density at radius 3 is 3.00 bits per heavy atom. The molecule has 2 nitrogen and oxygen atoms in total. The molecule has 0 aliphatic carbocycles. The molecule has 13 heavy (non-hydrogen) atoms. The highest BCUT2D eigenvalue weighted by Crippen LogP contribution is 2.03. The van der Waals surface area contributed by atoms with Crippen molar-refractivity contribution < 1.29 is 4.79 Å².